The van der Waals surface area contributed by atoms with Gasteiger partial charge in [-0.05, 0) is 71.3 Å². The molecule has 0 radical (unpaired) electrons. The Morgan fingerprint density at radius 2 is 1.51 bits per heavy atom. The van der Waals surface area contributed by atoms with Gasteiger partial charge in [-0.25, -0.2) is 0 Å². The van der Waals surface area contributed by atoms with Crippen molar-refractivity contribution in [2.24, 2.45) is 39.9 Å². The molecule has 0 bridgehead atoms. The number of benzene rings is 1. The van der Waals surface area contributed by atoms with Crippen LogP contribution in [0.5, 0.6) is 0 Å². The Hall–Kier alpha value is -6.26. The summed E-state index contributed by atoms with van der Waals surface area (Å²) in [6, 6.07) is 3.61. The van der Waals surface area contributed by atoms with E-state index in [1.54, 1.807) is 37.3 Å². The molecule has 22 heteroatoms. The zero-order valence-corrected chi connectivity index (χ0v) is 44.2. The number of nitrogens with two attached hydrogens (primary N) is 3. The number of aliphatic imine (C=N–C) groups is 1. The standard InChI is InChI=1S/C53H83N9O13/c1-5-37(66)18-10-7-11-19-41(54)45(68)22-24-49(72)60-43-21-23-48(71)57-25-13-12-17-36(46(69)30-39(32(2)63)33(3)64)28-47(70)40(34(4)65)29-38(67)31-59-50(73)44(27-35-15-8-6-9-16-35)62-51(74)42(61-52(43)75)20-14-26-58-53(55)56/h6,8-9,15-16,32,34,36,39-44,63,65H,5,7,10-14,17-31,54H2,1-4H3,(H,57,71)(H,59,73)(H,60,72)(H,61,75)(H,62,74)(H4,55,56,58)/t32-,34-,36-,39+,40+,41+,42+,43+,44+/m1/s1. The van der Waals surface area contributed by atoms with Gasteiger partial charge in [0.15, 0.2) is 11.7 Å². The van der Waals surface area contributed by atoms with Gasteiger partial charge in [-0.2, -0.15) is 0 Å². The van der Waals surface area contributed by atoms with Gasteiger partial charge in [0, 0.05) is 82.7 Å². The van der Waals surface area contributed by atoms with Gasteiger partial charge < -0.3 is 54.0 Å². The highest BCUT2D eigenvalue weighted by molar-refractivity contribution is 5.97. The molecule has 13 N–H and O–H groups in total. The van der Waals surface area contributed by atoms with Crippen LogP contribution >= 0.6 is 0 Å². The summed E-state index contributed by atoms with van der Waals surface area (Å²) in [6.07, 6.45) is -0.956. The Morgan fingerprint density at radius 1 is 0.813 bits per heavy atom. The molecule has 0 aromatic heterocycles. The summed E-state index contributed by atoms with van der Waals surface area (Å²) in [4.78, 5) is 151. The monoisotopic (exact) mass is 1050 g/mol. The van der Waals surface area contributed by atoms with Crippen molar-refractivity contribution in [1.29, 1.82) is 0 Å². The van der Waals surface area contributed by atoms with Gasteiger partial charge >= 0.3 is 0 Å². The number of aliphatic hydroxyl groups is 2. The molecule has 0 aliphatic carbocycles. The largest absolute Gasteiger partial charge is 0.393 e. The predicted molar refractivity (Wildman–Crippen MR) is 279 cm³/mol. The molecule has 0 unspecified atom stereocenters. The van der Waals surface area contributed by atoms with Crippen molar-refractivity contribution < 1.29 is 63.0 Å². The normalized spacial score (nSPS) is 21.8. The first-order chi connectivity index (χ1) is 35.5. The van der Waals surface area contributed by atoms with Crippen LogP contribution in [0.4, 0.5) is 0 Å². The second kappa shape index (κ2) is 35.1. The molecule has 1 aliphatic rings. The molecular formula is C53H83N9O13. The molecule has 1 saturated heterocycles. The molecule has 22 nitrogen and oxygen atoms in total. The van der Waals surface area contributed by atoms with Crippen LogP contribution in [0.25, 0.3) is 0 Å². The summed E-state index contributed by atoms with van der Waals surface area (Å²) in [5.41, 5.74) is 17.8. The van der Waals surface area contributed by atoms with Gasteiger partial charge in [-0.3, -0.25) is 57.7 Å². The third-order valence-corrected chi connectivity index (χ3v) is 13.3. The summed E-state index contributed by atoms with van der Waals surface area (Å²) >= 11 is 0. The molecule has 75 heavy (non-hydrogen) atoms. The topological polar surface area (TPSA) is 379 Å². The second-order valence-corrected chi connectivity index (χ2v) is 19.6. The molecule has 0 saturated carbocycles. The zero-order valence-electron chi connectivity index (χ0n) is 44.2. The molecule has 1 heterocycles. The Morgan fingerprint density at radius 3 is 2.15 bits per heavy atom. The van der Waals surface area contributed by atoms with E-state index < -0.39 is 126 Å². The van der Waals surface area contributed by atoms with Crippen molar-refractivity contribution in [2.75, 3.05) is 19.6 Å². The predicted octanol–water partition coefficient (Wildman–Crippen LogP) is 0.617. The van der Waals surface area contributed by atoms with E-state index >= 15 is 0 Å². The fourth-order valence-corrected chi connectivity index (χ4v) is 8.63. The Balaban J connectivity index is 2.51. The van der Waals surface area contributed by atoms with Crippen molar-refractivity contribution in [1.82, 2.24) is 26.6 Å². The number of nitrogens with one attached hydrogen (secondary N) is 5. The number of hydrogen-bond donors (Lipinski definition) is 10. The minimum absolute atomic E-state index is 0.0449. The summed E-state index contributed by atoms with van der Waals surface area (Å²) in [6.45, 7) is 5.27. The van der Waals surface area contributed by atoms with Crippen LogP contribution in [0, 0.1) is 17.8 Å². The van der Waals surface area contributed by atoms with Gasteiger partial charge in [-0.15, -0.1) is 0 Å². The molecule has 9 atom stereocenters. The first kappa shape index (κ1) is 64.9. The summed E-state index contributed by atoms with van der Waals surface area (Å²) in [5.74, 6) is -9.63. The number of ketones is 6. The van der Waals surface area contributed by atoms with Gasteiger partial charge in [0.05, 0.1) is 30.7 Å². The maximum atomic E-state index is 14.2. The average molecular weight is 1050 g/mol. The third kappa shape index (κ3) is 26.2. The highest BCUT2D eigenvalue weighted by Gasteiger charge is 2.35. The number of carbonyl (C=O) groups excluding carboxylic acids is 11. The summed E-state index contributed by atoms with van der Waals surface area (Å²) < 4.78 is 0. The molecular weight excluding hydrogens is 971 g/mol. The van der Waals surface area contributed by atoms with E-state index in [1.807, 2.05) is 0 Å². The highest BCUT2D eigenvalue weighted by Crippen LogP contribution is 2.25. The molecule has 1 fully saturated rings. The van der Waals surface area contributed by atoms with Crippen LogP contribution in [0.3, 0.4) is 0 Å². The number of guanidine groups is 1. The van der Waals surface area contributed by atoms with Gasteiger partial charge in [0.1, 0.15) is 47.0 Å². The molecule has 2 rings (SSSR count). The lowest BCUT2D eigenvalue weighted by Crippen LogP contribution is -2.57. The SMILES string of the molecule is CCC(=O)CCCCC[C@H](N)C(=O)CCC(=O)N[C@H]1CCC(=O)NCCCC[C@@H](C(=O)C[C@H](C(C)=O)[C@@H](C)O)CC(=O)[C@H]([C@@H](C)O)CC(=O)CNC(=O)[C@H](Cc2ccccc2)NC(=O)[C@H](CCCN=C(N)N)NC1=O. The number of Topliss-reactive ketones (excluding diaryl/α,β-unsaturated/α-hetero) is 6. The van der Waals surface area contributed by atoms with E-state index in [4.69, 9.17) is 17.2 Å². The zero-order chi connectivity index (χ0) is 56.0. The van der Waals surface area contributed by atoms with E-state index in [0.29, 0.717) is 56.9 Å². The number of carbonyl (C=O) groups is 11. The van der Waals surface area contributed by atoms with Crippen molar-refractivity contribution in [2.45, 2.75) is 186 Å². The molecule has 1 aromatic rings. The van der Waals surface area contributed by atoms with Crippen molar-refractivity contribution in [3.8, 4) is 0 Å². The minimum Gasteiger partial charge on any atom is -0.393 e. The average Bonchev–Trinajstić information content (AvgIpc) is 3.36. The second-order valence-electron chi connectivity index (χ2n) is 19.6. The van der Waals surface area contributed by atoms with E-state index in [2.05, 4.69) is 31.6 Å². The van der Waals surface area contributed by atoms with Crippen molar-refractivity contribution in [3.05, 3.63) is 35.9 Å². The molecule has 1 aromatic carbocycles. The summed E-state index contributed by atoms with van der Waals surface area (Å²) in [7, 11) is 0. The van der Waals surface area contributed by atoms with Crippen LogP contribution < -0.4 is 43.8 Å². The quantitative estimate of drug-likeness (QED) is 0.0385. The number of aliphatic hydroxyl groups excluding tert-OH is 2. The molecule has 418 valence electrons. The van der Waals surface area contributed by atoms with E-state index in [-0.39, 0.29) is 88.4 Å². The van der Waals surface area contributed by atoms with E-state index in [1.165, 1.54) is 20.8 Å². The lowest BCUT2D eigenvalue weighted by Gasteiger charge is -2.26. The Labute approximate surface area is 440 Å². The maximum Gasteiger partial charge on any atom is 0.243 e. The lowest BCUT2D eigenvalue weighted by molar-refractivity contribution is -0.136. The fraction of sp³-hybridized carbons (Fsp3) is 0.660. The van der Waals surface area contributed by atoms with Crippen LogP contribution in [0.15, 0.2) is 35.3 Å². The van der Waals surface area contributed by atoms with Crippen molar-refractivity contribution >= 4 is 70.2 Å². The number of rotatable bonds is 24. The first-order valence-corrected chi connectivity index (χ1v) is 26.3. The van der Waals surface area contributed by atoms with Gasteiger partial charge in [0.25, 0.3) is 0 Å². The van der Waals surface area contributed by atoms with E-state index in [0.717, 1.165) is 0 Å². The third-order valence-electron chi connectivity index (χ3n) is 13.3. The van der Waals surface area contributed by atoms with Crippen LogP contribution in [0.2, 0.25) is 0 Å². The maximum absolute atomic E-state index is 14.2. The van der Waals surface area contributed by atoms with Crippen LogP contribution in [-0.2, 0) is 59.2 Å². The molecule has 0 spiro atoms. The van der Waals surface area contributed by atoms with Crippen LogP contribution in [-0.4, -0.2) is 136 Å². The number of hydrogen-bond acceptors (Lipinski definition) is 15. The number of unbranched alkanes of at least 4 members (excludes halogenated alkanes) is 2. The smallest absolute Gasteiger partial charge is 0.243 e. The molecule has 5 amide bonds. The summed E-state index contributed by atoms with van der Waals surface area (Å²) in [5, 5.41) is 34.1. The highest BCUT2D eigenvalue weighted by atomic mass is 16.3. The molecule has 1 aliphatic heterocycles. The van der Waals surface area contributed by atoms with Crippen molar-refractivity contribution in [3.63, 3.8) is 0 Å². The number of amides is 5. The minimum atomic E-state index is -1.42. The van der Waals surface area contributed by atoms with Gasteiger partial charge in [0.2, 0.25) is 29.5 Å². The fourth-order valence-electron chi connectivity index (χ4n) is 8.63. The Bertz CT molecular complexity index is 2110. The Kier molecular flexibility index (Phi) is 30.3. The van der Waals surface area contributed by atoms with E-state index in [9.17, 15) is 63.0 Å². The van der Waals surface area contributed by atoms with Gasteiger partial charge in [-0.1, -0.05) is 56.5 Å². The first-order valence-electron chi connectivity index (χ1n) is 26.3. The van der Waals surface area contributed by atoms with Crippen LogP contribution in [0.1, 0.15) is 149 Å². The number of nitrogens with zero attached hydrogens (tertiary/aromatic N) is 1. The lowest BCUT2D eigenvalue weighted by atomic mass is 9.81.